The van der Waals surface area contributed by atoms with E-state index in [1.54, 1.807) is 24.0 Å². The summed E-state index contributed by atoms with van der Waals surface area (Å²) in [5.41, 5.74) is 3.38. The molecule has 0 amide bonds. The molecule has 0 saturated carbocycles. The molecule has 21 heavy (non-hydrogen) atoms. The van der Waals surface area contributed by atoms with Crippen molar-refractivity contribution in [1.29, 1.82) is 10.5 Å². The van der Waals surface area contributed by atoms with Gasteiger partial charge in [-0.15, -0.1) is 0 Å². The highest BCUT2D eigenvalue weighted by molar-refractivity contribution is 5.89. The summed E-state index contributed by atoms with van der Waals surface area (Å²) in [6.07, 6.45) is 0. The lowest BCUT2D eigenvalue weighted by atomic mass is 10.1. The van der Waals surface area contributed by atoms with Crippen LogP contribution >= 0.6 is 0 Å². The van der Waals surface area contributed by atoms with E-state index in [1.165, 1.54) is 0 Å². The Hall–Kier alpha value is -3.24. The zero-order chi connectivity index (χ0) is 14.8. The van der Waals surface area contributed by atoms with Crippen molar-refractivity contribution < 1.29 is 4.84 Å². The second kappa shape index (κ2) is 5.03. The lowest BCUT2D eigenvalue weighted by Crippen LogP contribution is -2.07. The molecule has 3 rings (SSSR count). The Kier molecular flexibility index (Phi) is 3.06. The van der Waals surface area contributed by atoms with E-state index < -0.39 is 0 Å². The van der Waals surface area contributed by atoms with Crippen LogP contribution in [-0.4, -0.2) is 11.8 Å². The Morgan fingerprint density at radius 1 is 0.952 bits per heavy atom. The van der Waals surface area contributed by atoms with Crippen LogP contribution in [-0.2, 0) is 0 Å². The third-order valence-electron chi connectivity index (χ3n) is 3.39. The molecule has 0 spiro atoms. The largest absolute Gasteiger partial charge is 0.416 e. The fraction of sp³-hybridized carbons (Fsp3) is 0.0588. The molecule has 0 aliphatic heterocycles. The fourth-order valence-corrected chi connectivity index (χ4v) is 2.42. The zero-order valence-corrected chi connectivity index (χ0v) is 11.4. The summed E-state index contributed by atoms with van der Waals surface area (Å²) in [6.45, 7) is 0. The normalized spacial score (nSPS) is 10.0. The van der Waals surface area contributed by atoms with Gasteiger partial charge in [-0.05, 0) is 18.2 Å². The molecule has 0 bridgehead atoms. The van der Waals surface area contributed by atoms with Crippen LogP contribution in [0, 0.1) is 22.7 Å². The summed E-state index contributed by atoms with van der Waals surface area (Å²) in [5.74, 6) is 0. The molecule has 0 unspecified atom stereocenters. The molecule has 2 aromatic carbocycles. The van der Waals surface area contributed by atoms with Gasteiger partial charge in [-0.1, -0.05) is 30.3 Å². The molecule has 4 heteroatoms. The molecule has 0 N–H and O–H groups in total. The van der Waals surface area contributed by atoms with Gasteiger partial charge < -0.3 is 4.84 Å². The van der Waals surface area contributed by atoms with Crippen molar-refractivity contribution in [2.24, 2.45) is 0 Å². The molecule has 100 valence electrons. The molecule has 0 fully saturated rings. The summed E-state index contributed by atoms with van der Waals surface area (Å²) in [7, 11) is 1.58. The Labute approximate surface area is 122 Å². The number of nitrogens with zero attached hydrogens (tertiary/aromatic N) is 3. The van der Waals surface area contributed by atoms with Crippen LogP contribution in [0.1, 0.15) is 11.1 Å². The second-order valence-electron chi connectivity index (χ2n) is 4.55. The van der Waals surface area contributed by atoms with Gasteiger partial charge in [0.1, 0.15) is 19.2 Å². The Morgan fingerprint density at radius 3 is 2.24 bits per heavy atom. The maximum absolute atomic E-state index is 9.15. The average molecular weight is 273 g/mol. The summed E-state index contributed by atoms with van der Waals surface area (Å²) in [6, 6.07) is 19.3. The second-order valence-corrected chi connectivity index (χ2v) is 4.55. The van der Waals surface area contributed by atoms with Crippen LogP contribution in [0.3, 0.4) is 0 Å². The first-order valence-corrected chi connectivity index (χ1v) is 6.38. The minimum absolute atomic E-state index is 0.348. The van der Waals surface area contributed by atoms with Crippen LogP contribution in [0.25, 0.3) is 22.2 Å². The van der Waals surface area contributed by atoms with Gasteiger partial charge in [0.2, 0.25) is 0 Å². The van der Waals surface area contributed by atoms with Crippen LogP contribution in [0.15, 0.2) is 48.5 Å². The Bertz CT molecular complexity index is 896. The van der Waals surface area contributed by atoms with E-state index in [1.807, 2.05) is 42.5 Å². The predicted octanol–water partition coefficient (Wildman–Crippen LogP) is 3.11. The van der Waals surface area contributed by atoms with E-state index in [9.17, 15) is 0 Å². The Balaban J connectivity index is 2.34. The van der Waals surface area contributed by atoms with Crippen molar-refractivity contribution in [2.75, 3.05) is 7.11 Å². The van der Waals surface area contributed by atoms with E-state index in [-0.39, 0.29) is 0 Å². The summed E-state index contributed by atoms with van der Waals surface area (Å²) >= 11 is 0. The van der Waals surface area contributed by atoms with Gasteiger partial charge in [-0.3, -0.25) is 0 Å². The lowest BCUT2D eigenvalue weighted by Gasteiger charge is -2.08. The quantitative estimate of drug-likeness (QED) is 0.720. The first kappa shape index (κ1) is 12.8. The highest BCUT2D eigenvalue weighted by Crippen LogP contribution is 2.29. The van der Waals surface area contributed by atoms with Gasteiger partial charge in [-0.25, -0.2) is 0 Å². The smallest absolute Gasteiger partial charge is 0.104 e. The highest BCUT2D eigenvalue weighted by Gasteiger charge is 2.14. The van der Waals surface area contributed by atoms with Gasteiger partial charge in [0.05, 0.1) is 22.3 Å². The summed E-state index contributed by atoms with van der Waals surface area (Å²) < 4.78 is 1.67. The van der Waals surface area contributed by atoms with Gasteiger partial charge >= 0.3 is 0 Å². The lowest BCUT2D eigenvalue weighted by molar-refractivity contribution is 0.183. The van der Waals surface area contributed by atoms with Crippen LogP contribution in [0.2, 0.25) is 0 Å². The monoisotopic (exact) mass is 273 g/mol. The van der Waals surface area contributed by atoms with Gasteiger partial charge in [-0.2, -0.15) is 15.3 Å². The van der Waals surface area contributed by atoms with Crippen LogP contribution < -0.4 is 4.84 Å². The molecule has 0 saturated heterocycles. The molecule has 0 aliphatic rings. The van der Waals surface area contributed by atoms with Crippen molar-refractivity contribution in [1.82, 2.24) is 4.73 Å². The molecule has 1 aromatic heterocycles. The predicted molar refractivity (Wildman–Crippen MR) is 79.3 cm³/mol. The molecular formula is C17H11N3O. The molecule has 0 aliphatic carbocycles. The van der Waals surface area contributed by atoms with Crippen molar-refractivity contribution in [3.05, 3.63) is 59.7 Å². The van der Waals surface area contributed by atoms with Crippen molar-refractivity contribution in [2.45, 2.75) is 0 Å². The van der Waals surface area contributed by atoms with E-state index in [4.69, 9.17) is 15.4 Å². The first-order chi connectivity index (χ1) is 10.3. The molecule has 1 heterocycles. The zero-order valence-electron chi connectivity index (χ0n) is 11.4. The third-order valence-corrected chi connectivity index (χ3v) is 3.39. The highest BCUT2D eigenvalue weighted by atomic mass is 16.6. The number of fused-ring (bicyclic) bond motifs is 1. The molecular weight excluding hydrogens is 262 g/mol. The number of hydrogen-bond acceptors (Lipinski definition) is 3. The van der Waals surface area contributed by atoms with Gasteiger partial charge in [0.15, 0.2) is 0 Å². The molecule has 0 radical (unpaired) electrons. The number of nitriles is 2. The van der Waals surface area contributed by atoms with Gasteiger partial charge in [0, 0.05) is 10.9 Å². The fourth-order valence-electron chi connectivity index (χ4n) is 2.42. The minimum Gasteiger partial charge on any atom is -0.416 e. The topological polar surface area (TPSA) is 61.7 Å². The Morgan fingerprint density at radius 2 is 1.62 bits per heavy atom. The van der Waals surface area contributed by atoms with Crippen LogP contribution in [0.4, 0.5) is 0 Å². The third kappa shape index (κ3) is 2.00. The number of hydrogen-bond donors (Lipinski definition) is 0. The summed E-state index contributed by atoms with van der Waals surface area (Å²) in [4.78, 5) is 5.45. The molecule has 0 atom stereocenters. The van der Waals surface area contributed by atoms with E-state index in [2.05, 4.69) is 6.07 Å². The molecule has 4 nitrogen and oxygen atoms in total. The number of benzene rings is 2. The molecule has 3 aromatic rings. The van der Waals surface area contributed by atoms with Crippen LogP contribution in [0.5, 0.6) is 0 Å². The number of rotatable bonds is 2. The minimum atomic E-state index is 0.348. The van der Waals surface area contributed by atoms with Gasteiger partial charge in [0.25, 0.3) is 0 Å². The SMILES string of the molecule is COn1c(-c2ccccc2)cc2cc(C#N)c(C#N)cc21. The van der Waals surface area contributed by atoms with Crippen molar-refractivity contribution >= 4 is 10.9 Å². The maximum Gasteiger partial charge on any atom is 0.104 e. The number of aromatic nitrogens is 1. The van der Waals surface area contributed by atoms with E-state index in [0.717, 1.165) is 22.2 Å². The van der Waals surface area contributed by atoms with Crippen molar-refractivity contribution in [3.8, 4) is 23.4 Å². The van der Waals surface area contributed by atoms with Crippen molar-refractivity contribution in [3.63, 3.8) is 0 Å². The first-order valence-electron chi connectivity index (χ1n) is 6.38. The maximum atomic E-state index is 9.15. The summed E-state index contributed by atoms with van der Waals surface area (Å²) in [5, 5.41) is 19.1. The average Bonchev–Trinajstić information content (AvgIpc) is 2.91. The van der Waals surface area contributed by atoms with E-state index >= 15 is 0 Å². The standard InChI is InChI=1S/C17H11N3O/c1-21-20-16(12-5-3-2-4-6-12)8-13-7-14(10-18)15(11-19)9-17(13)20/h2-9H,1H3. The van der Waals surface area contributed by atoms with E-state index in [0.29, 0.717) is 11.1 Å².